The van der Waals surface area contributed by atoms with Gasteiger partial charge in [-0.25, -0.2) is 4.79 Å². The third kappa shape index (κ3) is 3.13. The molecule has 1 rings (SSSR count). The minimum Gasteiger partial charge on any atom is -0.461 e. The molecule has 0 amide bonds. The molecule has 0 N–H and O–H groups in total. The lowest BCUT2D eigenvalue weighted by Crippen LogP contribution is -2.28. The van der Waals surface area contributed by atoms with Crippen LogP contribution in [0.1, 0.15) is 57.2 Å². The molecule has 0 bridgehead atoms. The first-order valence-electron chi connectivity index (χ1n) is 6.27. The highest BCUT2D eigenvalue weighted by atomic mass is 79.9. The maximum absolute atomic E-state index is 12.0. The van der Waals surface area contributed by atoms with Crippen molar-refractivity contribution in [2.24, 2.45) is 0 Å². The molecule has 1 aromatic rings. The summed E-state index contributed by atoms with van der Waals surface area (Å²) >= 11 is 3.48. The number of hydrogen-bond acceptors (Lipinski definition) is 3. The first kappa shape index (κ1) is 15.2. The van der Waals surface area contributed by atoms with Crippen LogP contribution in [-0.2, 0) is 16.7 Å². The lowest BCUT2D eigenvalue weighted by Gasteiger charge is -2.21. The van der Waals surface area contributed by atoms with Crippen LogP contribution in [0, 0.1) is 0 Å². The lowest BCUT2D eigenvalue weighted by atomic mass is 10.1. The normalized spacial score (nSPS) is 11.7. The van der Waals surface area contributed by atoms with Crippen LogP contribution in [0.5, 0.6) is 0 Å². The average molecular weight is 317 g/mol. The number of halogens is 1. The molecule has 1 aromatic heterocycles. The number of ether oxygens (including phenoxy) is 1. The molecule has 4 nitrogen and oxygen atoms in total. The predicted molar refractivity (Wildman–Crippen MR) is 74.9 cm³/mol. The molecule has 0 aliphatic rings. The van der Waals surface area contributed by atoms with Crippen LogP contribution in [0.3, 0.4) is 0 Å². The molecule has 0 saturated heterocycles. The zero-order valence-corrected chi connectivity index (χ0v) is 13.3. The van der Waals surface area contributed by atoms with Crippen molar-refractivity contribution >= 4 is 21.9 Å². The number of carbonyl (C=O) groups is 1. The van der Waals surface area contributed by atoms with Crippen molar-refractivity contribution in [3.05, 3.63) is 15.9 Å². The highest BCUT2D eigenvalue weighted by Gasteiger charge is 2.28. The molecule has 1 heterocycles. The third-order valence-corrected chi connectivity index (χ3v) is 3.32. The number of aromatic nitrogens is 2. The topological polar surface area (TPSA) is 44.1 Å². The van der Waals surface area contributed by atoms with Gasteiger partial charge in [0.1, 0.15) is 0 Å². The fourth-order valence-corrected chi connectivity index (χ4v) is 2.31. The van der Waals surface area contributed by atoms with Gasteiger partial charge in [0.15, 0.2) is 5.69 Å². The summed E-state index contributed by atoms with van der Waals surface area (Å²) in [5.74, 6) is -0.325. The van der Waals surface area contributed by atoms with Gasteiger partial charge >= 0.3 is 5.97 Å². The lowest BCUT2D eigenvalue weighted by molar-refractivity contribution is 0.0502. The van der Waals surface area contributed by atoms with Gasteiger partial charge < -0.3 is 4.74 Å². The summed E-state index contributed by atoms with van der Waals surface area (Å²) in [5.41, 5.74) is 1.17. The highest BCUT2D eigenvalue weighted by molar-refractivity contribution is 9.10. The van der Waals surface area contributed by atoms with Crippen LogP contribution < -0.4 is 0 Å². The molecular weight excluding hydrogens is 296 g/mol. The van der Waals surface area contributed by atoms with Crippen LogP contribution in [0.15, 0.2) is 4.47 Å². The van der Waals surface area contributed by atoms with Crippen molar-refractivity contribution in [3.63, 3.8) is 0 Å². The van der Waals surface area contributed by atoms with Gasteiger partial charge in [0.2, 0.25) is 0 Å². The van der Waals surface area contributed by atoms with Gasteiger partial charge in [-0.3, -0.25) is 4.68 Å². The van der Waals surface area contributed by atoms with Gasteiger partial charge in [0, 0.05) is 0 Å². The molecule has 5 heteroatoms. The number of nitrogens with zero attached hydrogens (tertiary/aromatic N) is 2. The van der Waals surface area contributed by atoms with Gasteiger partial charge in [-0.1, -0.05) is 13.3 Å². The molecule has 18 heavy (non-hydrogen) atoms. The fraction of sp³-hybridized carbons (Fsp3) is 0.692. The summed E-state index contributed by atoms with van der Waals surface area (Å²) < 4.78 is 7.62. The molecule has 0 spiro atoms. The third-order valence-electron chi connectivity index (χ3n) is 2.48. The molecule has 0 atom stereocenters. The van der Waals surface area contributed by atoms with E-state index in [4.69, 9.17) is 4.74 Å². The van der Waals surface area contributed by atoms with Crippen LogP contribution in [0.2, 0.25) is 0 Å². The Bertz CT molecular complexity index is 433. The van der Waals surface area contributed by atoms with E-state index in [0.29, 0.717) is 12.3 Å². The summed E-state index contributed by atoms with van der Waals surface area (Å²) in [6.45, 7) is 10.3. The van der Waals surface area contributed by atoms with Crippen LogP contribution in [0.25, 0.3) is 0 Å². The van der Waals surface area contributed by atoms with E-state index < -0.39 is 0 Å². The summed E-state index contributed by atoms with van der Waals surface area (Å²) in [6.07, 6.45) is 1.83. The van der Waals surface area contributed by atoms with Crippen molar-refractivity contribution in [2.75, 3.05) is 6.61 Å². The molecule has 0 radical (unpaired) electrons. The Labute approximate surface area is 117 Å². The van der Waals surface area contributed by atoms with Gasteiger partial charge in [-0.15, -0.1) is 0 Å². The largest absolute Gasteiger partial charge is 0.461 e. The maximum atomic E-state index is 12.0. The van der Waals surface area contributed by atoms with Gasteiger partial charge in [-0.05, 0) is 50.0 Å². The van der Waals surface area contributed by atoms with E-state index >= 15 is 0 Å². The van der Waals surface area contributed by atoms with E-state index in [1.54, 1.807) is 11.6 Å². The van der Waals surface area contributed by atoms with Gasteiger partial charge in [0.05, 0.1) is 22.3 Å². The smallest absolute Gasteiger partial charge is 0.357 e. The highest BCUT2D eigenvalue weighted by Crippen LogP contribution is 2.28. The molecular formula is C13H21BrN2O2. The predicted octanol–water partition coefficient (Wildman–Crippen LogP) is 3.53. The quantitative estimate of drug-likeness (QED) is 0.798. The molecule has 0 aromatic carbocycles. The molecule has 0 aliphatic carbocycles. The van der Waals surface area contributed by atoms with E-state index in [9.17, 15) is 4.79 Å². The summed E-state index contributed by atoms with van der Waals surface area (Å²) in [4.78, 5) is 12.0. The zero-order valence-electron chi connectivity index (χ0n) is 11.7. The fourth-order valence-electron chi connectivity index (χ4n) is 1.70. The Morgan fingerprint density at radius 3 is 2.44 bits per heavy atom. The van der Waals surface area contributed by atoms with Gasteiger partial charge in [0.25, 0.3) is 0 Å². The second-order valence-corrected chi connectivity index (χ2v) is 5.96. The second kappa shape index (κ2) is 5.87. The van der Waals surface area contributed by atoms with Crippen LogP contribution >= 0.6 is 15.9 Å². The van der Waals surface area contributed by atoms with Crippen molar-refractivity contribution in [1.82, 2.24) is 9.78 Å². The van der Waals surface area contributed by atoms with Gasteiger partial charge in [-0.2, -0.15) is 5.10 Å². The van der Waals surface area contributed by atoms with Crippen molar-refractivity contribution in [3.8, 4) is 0 Å². The molecule has 0 fully saturated rings. The monoisotopic (exact) mass is 316 g/mol. The van der Waals surface area contributed by atoms with Crippen LogP contribution in [0.4, 0.5) is 0 Å². The van der Waals surface area contributed by atoms with Crippen LogP contribution in [-0.4, -0.2) is 22.4 Å². The minimum absolute atomic E-state index is 0.253. The summed E-state index contributed by atoms with van der Waals surface area (Å²) in [5, 5.41) is 4.54. The van der Waals surface area contributed by atoms with E-state index in [0.717, 1.165) is 23.0 Å². The number of rotatable bonds is 4. The van der Waals surface area contributed by atoms with E-state index in [1.165, 1.54) is 0 Å². The number of aryl methyl sites for hydroxylation is 1. The number of esters is 1. The Morgan fingerprint density at radius 1 is 1.39 bits per heavy atom. The first-order chi connectivity index (χ1) is 8.32. The average Bonchev–Trinajstić information content (AvgIpc) is 2.57. The molecule has 0 aliphatic heterocycles. The number of carbonyl (C=O) groups excluding carboxylic acids is 1. The molecule has 0 unspecified atom stereocenters. The van der Waals surface area contributed by atoms with Crippen molar-refractivity contribution < 1.29 is 9.53 Å². The van der Waals surface area contributed by atoms with E-state index in [2.05, 4.69) is 28.0 Å². The Balaban J connectivity index is 3.31. The maximum Gasteiger partial charge on any atom is 0.357 e. The number of hydrogen-bond donors (Lipinski definition) is 0. The van der Waals surface area contributed by atoms with E-state index in [-0.39, 0.29) is 11.5 Å². The zero-order chi connectivity index (χ0) is 13.9. The van der Waals surface area contributed by atoms with E-state index in [1.807, 2.05) is 20.8 Å². The Hall–Kier alpha value is -0.840. The molecule has 0 saturated carbocycles. The minimum atomic E-state index is -0.325. The SMILES string of the molecule is CCCc1nn(C(C)(C)C)c(C(=O)OCC)c1Br. The summed E-state index contributed by atoms with van der Waals surface area (Å²) in [7, 11) is 0. The Kier molecular flexibility index (Phi) is 4.96. The first-order valence-corrected chi connectivity index (χ1v) is 7.07. The van der Waals surface area contributed by atoms with Crippen molar-refractivity contribution in [1.29, 1.82) is 0 Å². The standard InChI is InChI=1S/C13H21BrN2O2/c1-6-8-9-10(14)11(12(17)18-7-2)16(15-9)13(3,4)5/h6-8H2,1-5H3. The van der Waals surface area contributed by atoms with Crippen molar-refractivity contribution in [2.45, 2.75) is 53.0 Å². The Morgan fingerprint density at radius 2 is 2.00 bits per heavy atom. The second-order valence-electron chi connectivity index (χ2n) is 5.16. The molecule has 102 valence electrons. The summed E-state index contributed by atoms with van der Waals surface area (Å²) in [6, 6.07) is 0.